The highest BCUT2D eigenvalue weighted by molar-refractivity contribution is 5.92. The summed E-state index contributed by atoms with van der Waals surface area (Å²) in [5.74, 6) is 1.48. The summed E-state index contributed by atoms with van der Waals surface area (Å²) in [5, 5.41) is 9.45. The number of carbonyl (C=O) groups excluding carboxylic acids is 1. The molecule has 1 fully saturated rings. The SMILES string of the molecule is C[C@]12CCC(=O)C=C1CC[C@@H]1C2=CC[C@]2(C)C(C#N)=CC[C@@H]12. The van der Waals surface area contributed by atoms with Crippen molar-refractivity contribution in [3.05, 3.63) is 34.9 Å². The Kier molecular flexibility index (Phi) is 2.83. The van der Waals surface area contributed by atoms with Crippen molar-refractivity contribution in [1.82, 2.24) is 0 Å². The molecule has 0 aromatic rings. The highest BCUT2D eigenvalue weighted by atomic mass is 16.1. The molecule has 0 radical (unpaired) electrons. The van der Waals surface area contributed by atoms with Crippen LogP contribution in [0.25, 0.3) is 0 Å². The Hall–Kier alpha value is -1.62. The molecule has 0 aliphatic heterocycles. The van der Waals surface area contributed by atoms with Crippen LogP contribution in [0.1, 0.15) is 52.4 Å². The normalized spacial score (nSPS) is 43.1. The number of rotatable bonds is 0. The van der Waals surface area contributed by atoms with Gasteiger partial charge in [-0.2, -0.15) is 5.26 Å². The first-order valence-electron chi connectivity index (χ1n) is 8.54. The zero-order valence-electron chi connectivity index (χ0n) is 13.5. The largest absolute Gasteiger partial charge is 0.295 e. The van der Waals surface area contributed by atoms with E-state index < -0.39 is 0 Å². The number of carbonyl (C=O) groups is 1. The fourth-order valence-corrected chi connectivity index (χ4v) is 5.61. The molecular formula is C20H23NO. The summed E-state index contributed by atoms with van der Waals surface area (Å²) < 4.78 is 0. The molecule has 22 heavy (non-hydrogen) atoms. The van der Waals surface area contributed by atoms with E-state index in [0.717, 1.165) is 37.7 Å². The van der Waals surface area contributed by atoms with Crippen LogP contribution in [0.4, 0.5) is 0 Å². The van der Waals surface area contributed by atoms with Crippen molar-refractivity contribution in [3.8, 4) is 6.07 Å². The molecule has 0 spiro atoms. The fraction of sp³-hybridized carbons (Fsp3) is 0.600. The van der Waals surface area contributed by atoms with Crippen molar-refractivity contribution in [2.24, 2.45) is 22.7 Å². The summed E-state index contributed by atoms with van der Waals surface area (Å²) in [4.78, 5) is 11.8. The third-order valence-electron chi connectivity index (χ3n) is 7.04. The Morgan fingerprint density at radius 1 is 1.27 bits per heavy atom. The first-order chi connectivity index (χ1) is 10.5. The van der Waals surface area contributed by atoms with Gasteiger partial charge in [-0.25, -0.2) is 0 Å². The Labute approximate surface area is 132 Å². The van der Waals surface area contributed by atoms with Gasteiger partial charge in [-0.1, -0.05) is 37.1 Å². The molecule has 114 valence electrons. The number of nitrogens with zero attached hydrogens (tertiary/aromatic N) is 1. The van der Waals surface area contributed by atoms with Gasteiger partial charge in [0.05, 0.1) is 6.07 Å². The lowest BCUT2D eigenvalue weighted by molar-refractivity contribution is -0.115. The summed E-state index contributed by atoms with van der Waals surface area (Å²) in [5.41, 5.74) is 4.09. The number of nitriles is 1. The second kappa shape index (κ2) is 4.44. The van der Waals surface area contributed by atoms with Gasteiger partial charge in [-0.3, -0.25) is 4.79 Å². The van der Waals surface area contributed by atoms with Gasteiger partial charge in [0.2, 0.25) is 0 Å². The second-order valence-corrected chi connectivity index (χ2v) is 7.97. The van der Waals surface area contributed by atoms with Crippen molar-refractivity contribution in [1.29, 1.82) is 5.26 Å². The van der Waals surface area contributed by atoms with Crippen LogP contribution >= 0.6 is 0 Å². The predicted octanol–water partition coefficient (Wildman–Crippen LogP) is 4.50. The topological polar surface area (TPSA) is 40.9 Å². The van der Waals surface area contributed by atoms with E-state index in [9.17, 15) is 10.1 Å². The van der Waals surface area contributed by atoms with Gasteiger partial charge in [0.25, 0.3) is 0 Å². The monoisotopic (exact) mass is 293 g/mol. The van der Waals surface area contributed by atoms with Gasteiger partial charge >= 0.3 is 0 Å². The van der Waals surface area contributed by atoms with Gasteiger partial charge in [0.1, 0.15) is 0 Å². The van der Waals surface area contributed by atoms with Crippen LogP contribution in [-0.2, 0) is 4.79 Å². The van der Waals surface area contributed by atoms with E-state index in [1.807, 2.05) is 6.08 Å². The Balaban J connectivity index is 1.77. The van der Waals surface area contributed by atoms with Crippen LogP contribution < -0.4 is 0 Å². The van der Waals surface area contributed by atoms with Crippen molar-refractivity contribution >= 4 is 5.78 Å². The van der Waals surface area contributed by atoms with E-state index in [4.69, 9.17) is 0 Å². The molecule has 4 rings (SSSR count). The van der Waals surface area contributed by atoms with E-state index in [0.29, 0.717) is 24.0 Å². The minimum absolute atomic E-state index is 0.0466. The number of hydrogen-bond donors (Lipinski definition) is 0. The molecule has 4 aliphatic rings. The Morgan fingerprint density at radius 3 is 2.86 bits per heavy atom. The summed E-state index contributed by atoms with van der Waals surface area (Å²) >= 11 is 0. The van der Waals surface area contributed by atoms with E-state index in [2.05, 4.69) is 32.1 Å². The highest BCUT2D eigenvalue weighted by Gasteiger charge is 2.53. The molecule has 0 N–H and O–H groups in total. The van der Waals surface area contributed by atoms with E-state index in [-0.39, 0.29) is 10.8 Å². The van der Waals surface area contributed by atoms with Crippen LogP contribution in [-0.4, -0.2) is 5.78 Å². The fourth-order valence-electron chi connectivity index (χ4n) is 5.61. The number of hydrogen-bond acceptors (Lipinski definition) is 2. The van der Waals surface area contributed by atoms with Crippen molar-refractivity contribution < 1.29 is 4.79 Å². The van der Waals surface area contributed by atoms with Gasteiger partial charge in [-0.05, 0) is 50.0 Å². The quantitative estimate of drug-likeness (QED) is 0.617. The predicted molar refractivity (Wildman–Crippen MR) is 85.8 cm³/mol. The Morgan fingerprint density at radius 2 is 2.09 bits per heavy atom. The average molecular weight is 293 g/mol. The maximum absolute atomic E-state index is 11.8. The molecule has 0 bridgehead atoms. The molecule has 0 amide bonds. The van der Waals surface area contributed by atoms with Gasteiger partial charge in [-0.15, -0.1) is 0 Å². The lowest BCUT2D eigenvalue weighted by Crippen LogP contribution is -2.43. The van der Waals surface area contributed by atoms with Gasteiger partial charge in [0, 0.05) is 22.8 Å². The summed E-state index contributed by atoms with van der Waals surface area (Å²) in [6.45, 7) is 4.63. The average Bonchev–Trinajstić information content (AvgIpc) is 2.84. The summed E-state index contributed by atoms with van der Waals surface area (Å²) in [6.07, 6.45) is 12.4. The Bertz CT molecular complexity index is 689. The summed E-state index contributed by atoms with van der Waals surface area (Å²) in [6, 6.07) is 2.45. The smallest absolute Gasteiger partial charge is 0.155 e. The van der Waals surface area contributed by atoms with Crippen LogP contribution in [0.2, 0.25) is 0 Å². The molecule has 1 saturated carbocycles. The van der Waals surface area contributed by atoms with Crippen LogP contribution in [0.15, 0.2) is 34.9 Å². The maximum Gasteiger partial charge on any atom is 0.155 e. The van der Waals surface area contributed by atoms with Crippen LogP contribution in [0.5, 0.6) is 0 Å². The molecule has 0 unspecified atom stereocenters. The maximum atomic E-state index is 11.8. The molecule has 2 heteroatoms. The number of fused-ring (bicyclic) bond motifs is 5. The third kappa shape index (κ3) is 1.63. The first-order valence-corrected chi connectivity index (χ1v) is 8.54. The van der Waals surface area contributed by atoms with E-state index >= 15 is 0 Å². The van der Waals surface area contributed by atoms with Crippen molar-refractivity contribution in [2.45, 2.75) is 52.4 Å². The lowest BCUT2D eigenvalue weighted by Gasteiger charge is -2.52. The minimum atomic E-state index is 0.0466. The third-order valence-corrected chi connectivity index (χ3v) is 7.04. The lowest BCUT2D eigenvalue weighted by atomic mass is 9.51. The minimum Gasteiger partial charge on any atom is -0.295 e. The molecule has 4 atom stereocenters. The molecule has 0 aromatic carbocycles. The van der Waals surface area contributed by atoms with Crippen molar-refractivity contribution in [3.63, 3.8) is 0 Å². The van der Waals surface area contributed by atoms with Crippen molar-refractivity contribution in [2.75, 3.05) is 0 Å². The number of ketones is 1. The summed E-state index contributed by atoms with van der Waals surface area (Å²) in [7, 11) is 0. The zero-order valence-corrected chi connectivity index (χ0v) is 13.5. The van der Waals surface area contributed by atoms with Gasteiger partial charge in [0.15, 0.2) is 5.78 Å². The van der Waals surface area contributed by atoms with E-state index in [1.165, 1.54) is 5.57 Å². The molecule has 0 saturated heterocycles. The molecule has 0 heterocycles. The zero-order chi connectivity index (χ0) is 15.5. The highest BCUT2D eigenvalue weighted by Crippen LogP contribution is 2.62. The van der Waals surface area contributed by atoms with Gasteiger partial charge < -0.3 is 0 Å². The standard InChI is InChI=1S/C20H23NO/c1-19-9-7-15(22)11-13(19)3-5-16-17-6-4-14(12-21)20(17,2)10-8-18(16)19/h4,8,11,16-17H,3,5-7,9-10H2,1-2H3/t16-,17-,19-,20+/m0/s1. The molecule has 0 aromatic heterocycles. The number of allylic oxidation sites excluding steroid dienone is 6. The van der Waals surface area contributed by atoms with E-state index in [1.54, 1.807) is 5.57 Å². The second-order valence-electron chi connectivity index (χ2n) is 7.97. The molecule has 2 nitrogen and oxygen atoms in total. The van der Waals surface area contributed by atoms with Crippen LogP contribution in [0, 0.1) is 34.0 Å². The molecule has 4 aliphatic carbocycles. The van der Waals surface area contributed by atoms with Crippen LogP contribution in [0.3, 0.4) is 0 Å². The molecular weight excluding hydrogens is 270 g/mol. The first kappa shape index (κ1) is 14.0.